The van der Waals surface area contributed by atoms with Gasteiger partial charge in [-0.15, -0.1) is 0 Å². The second-order valence-corrected chi connectivity index (χ2v) is 4.95. The minimum Gasteiger partial charge on any atom is -0.479 e. The van der Waals surface area contributed by atoms with Crippen LogP contribution in [0, 0.1) is 4.77 Å². The smallest absolute Gasteiger partial charge is 0.242 e. The second-order valence-electron chi connectivity index (χ2n) is 4.56. The van der Waals surface area contributed by atoms with Gasteiger partial charge < -0.3 is 14.5 Å². The van der Waals surface area contributed by atoms with E-state index in [0.717, 1.165) is 5.65 Å². The zero-order valence-corrected chi connectivity index (χ0v) is 11.7. The fraction of sp³-hybridized carbons (Fsp3) is 0.545. The highest BCUT2D eigenvalue weighted by Crippen LogP contribution is 2.22. The van der Waals surface area contributed by atoms with Crippen molar-refractivity contribution in [1.82, 2.24) is 19.5 Å². The van der Waals surface area contributed by atoms with Crippen LogP contribution in [0.2, 0.25) is 0 Å². The van der Waals surface area contributed by atoms with Crippen LogP contribution in [0.25, 0.3) is 11.2 Å². The van der Waals surface area contributed by atoms with E-state index in [1.807, 2.05) is 18.4 Å². The minimum atomic E-state index is -0.328. The Hall–Kier alpha value is -1.47. The number of methoxy groups -OCH3 is 2. The lowest BCUT2D eigenvalue weighted by atomic mass is 10.1. The van der Waals surface area contributed by atoms with Gasteiger partial charge in [0.2, 0.25) is 5.88 Å². The number of hydrogen-bond donors (Lipinski definition) is 1. The van der Waals surface area contributed by atoms with Crippen molar-refractivity contribution in [3.05, 3.63) is 11.1 Å². The molecule has 0 atom stereocenters. The first-order chi connectivity index (χ1) is 8.48. The molecule has 0 unspecified atom stereocenters. The van der Waals surface area contributed by atoms with Crippen LogP contribution in [0.5, 0.6) is 5.88 Å². The Balaban J connectivity index is 2.58. The summed E-state index contributed by atoms with van der Waals surface area (Å²) in [7, 11) is 3.24. The van der Waals surface area contributed by atoms with E-state index in [4.69, 9.17) is 21.7 Å². The van der Waals surface area contributed by atoms with E-state index in [2.05, 4.69) is 15.0 Å². The number of H-pyrrole nitrogens is 1. The van der Waals surface area contributed by atoms with Crippen molar-refractivity contribution < 1.29 is 9.47 Å². The third-order valence-electron chi connectivity index (χ3n) is 2.81. The van der Waals surface area contributed by atoms with Gasteiger partial charge in [-0.1, -0.05) is 0 Å². The molecular formula is C11H16N4O2S. The number of hydrogen-bond acceptors (Lipinski definition) is 5. The Bertz CT molecular complexity index is 617. The molecule has 0 aliphatic heterocycles. The molecule has 0 aliphatic rings. The highest BCUT2D eigenvalue weighted by atomic mass is 32.1. The predicted octanol–water partition coefficient (Wildman–Crippen LogP) is 1.92. The largest absolute Gasteiger partial charge is 0.479 e. The summed E-state index contributed by atoms with van der Waals surface area (Å²) >= 11 is 5.30. The molecular weight excluding hydrogens is 252 g/mol. The summed E-state index contributed by atoms with van der Waals surface area (Å²) in [6, 6.07) is 0. The Labute approximate surface area is 110 Å². The van der Waals surface area contributed by atoms with Crippen molar-refractivity contribution >= 4 is 23.4 Å². The van der Waals surface area contributed by atoms with Gasteiger partial charge in [0, 0.05) is 7.11 Å². The Morgan fingerprint density at radius 1 is 1.39 bits per heavy atom. The maximum absolute atomic E-state index is 5.42. The number of fused-ring (bicyclic) bond motifs is 1. The molecule has 0 aromatic carbocycles. The normalized spacial score (nSPS) is 12.0. The number of imidazole rings is 1. The standard InChI is InChI=1S/C11H16N4O2S/c1-11(2,17-4)5-15-8-7(14-10(15)18)9(16-3)13-6-12-8/h6H,5H2,1-4H3,(H,14,18). The van der Waals surface area contributed by atoms with E-state index in [-0.39, 0.29) is 5.60 Å². The number of rotatable bonds is 4. The molecule has 98 valence electrons. The van der Waals surface area contributed by atoms with Crippen LogP contribution >= 0.6 is 12.2 Å². The van der Waals surface area contributed by atoms with Crippen LogP contribution in [-0.4, -0.2) is 39.3 Å². The SMILES string of the molecule is COc1ncnc2c1[nH]c(=S)n2CC(C)(C)OC. The van der Waals surface area contributed by atoms with Crippen LogP contribution in [0.1, 0.15) is 13.8 Å². The van der Waals surface area contributed by atoms with Gasteiger partial charge in [-0.3, -0.25) is 4.57 Å². The van der Waals surface area contributed by atoms with Crippen molar-refractivity contribution in [1.29, 1.82) is 0 Å². The van der Waals surface area contributed by atoms with Crippen molar-refractivity contribution in [2.75, 3.05) is 14.2 Å². The van der Waals surface area contributed by atoms with E-state index in [0.29, 0.717) is 22.7 Å². The van der Waals surface area contributed by atoms with Gasteiger partial charge in [-0.25, -0.2) is 4.98 Å². The second kappa shape index (κ2) is 4.66. The molecule has 2 aromatic rings. The van der Waals surface area contributed by atoms with Gasteiger partial charge >= 0.3 is 0 Å². The number of ether oxygens (including phenoxy) is 2. The molecule has 2 rings (SSSR count). The van der Waals surface area contributed by atoms with E-state index < -0.39 is 0 Å². The molecule has 18 heavy (non-hydrogen) atoms. The average Bonchev–Trinajstić information content (AvgIpc) is 2.66. The molecule has 2 heterocycles. The lowest BCUT2D eigenvalue weighted by Crippen LogP contribution is -2.29. The van der Waals surface area contributed by atoms with Crippen LogP contribution < -0.4 is 4.74 Å². The summed E-state index contributed by atoms with van der Waals surface area (Å²) in [5, 5.41) is 0. The van der Waals surface area contributed by atoms with Gasteiger partial charge in [0.25, 0.3) is 0 Å². The van der Waals surface area contributed by atoms with Crippen molar-refractivity contribution in [2.45, 2.75) is 26.0 Å². The lowest BCUT2D eigenvalue weighted by Gasteiger charge is -2.23. The molecule has 0 spiro atoms. The summed E-state index contributed by atoms with van der Waals surface area (Å²) in [5.41, 5.74) is 1.10. The molecule has 0 saturated carbocycles. The predicted molar refractivity (Wildman–Crippen MR) is 70.4 cm³/mol. The number of nitrogens with zero attached hydrogens (tertiary/aromatic N) is 3. The van der Waals surface area contributed by atoms with Gasteiger partial charge in [0.05, 0.1) is 19.3 Å². The number of aromatic amines is 1. The lowest BCUT2D eigenvalue weighted by molar-refractivity contribution is 0.00861. The van der Waals surface area contributed by atoms with Gasteiger partial charge in [0.1, 0.15) is 11.8 Å². The summed E-state index contributed by atoms with van der Waals surface area (Å²) in [5.74, 6) is 0.486. The third kappa shape index (κ3) is 2.23. The first kappa shape index (κ1) is 13.0. The van der Waals surface area contributed by atoms with Gasteiger partial charge in [-0.2, -0.15) is 4.98 Å². The summed E-state index contributed by atoms with van der Waals surface area (Å²) < 4.78 is 13.1. The van der Waals surface area contributed by atoms with Crippen LogP contribution in [0.3, 0.4) is 0 Å². The van der Waals surface area contributed by atoms with Gasteiger partial charge in [-0.05, 0) is 26.1 Å². The maximum Gasteiger partial charge on any atom is 0.242 e. The average molecular weight is 268 g/mol. The fourth-order valence-electron chi connectivity index (χ4n) is 1.69. The first-order valence-electron chi connectivity index (χ1n) is 5.51. The summed E-state index contributed by atoms with van der Waals surface area (Å²) in [4.78, 5) is 11.4. The molecule has 0 amide bonds. The van der Waals surface area contributed by atoms with E-state index in [1.165, 1.54) is 6.33 Å². The molecule has 0 radical (unpaired) electrons. The highest BCUT2D eigenvalue weighted by molar-refractivity contribution is 7.71. The molecule has 0 bridgehead atoms. The van der Waals surface area contributed by atoms with Crippen molar-refractivity contribution in [3.8, 4) is 5.88 Å². The molecule has 0 saturated heterocycles. The summed E-state index contributed by atoms with van der Waals surface area (Å²) in [6.07, 6.45) is 1.46. The zero-order valence-electron chi connectivity index (χ0n) is 10.9. The quantitative estimate of drug-likeness (QED) is 0.858. The Kier molecular flexibility index (Phi) is 3.36. The Morgan fingerprint density at radius 2 is 2.11 bits per heavy atom. The zero-order chi connectivity index (χ0) is 13.3. The van der Waals surface area contributed by atoms with Crippen molar-refractivity contribution in [3.63, 3.8) is 0 Å². The Morgan fingerprint density at radius 3 is 2.72 bits per heavy atom. The topological polar surface area (TPSA) is 65.0 Å². The van der Waals surface area contributed by atoms with Crippen LogP contribution in [0.4, 0.5) is 0 Å². The molecule has 2 aromatic heterocycles. The molecule has 0 aliphatic carbocycles. The van der Waals surface area contributed by atoms with E-state index in [1.54, 1.807) is 14.2 Å². The third-order valence-corrected chi connectivity index (χ3v) is 3.13. The molecule has 0 fully saturated rings. The monoisotopic (exact) mass is 268 g/mol. The highest BCUT2D eigenvalue weighted by Gasteiger charge is 2.21. The van der Waals surface area contributed by atoms with E-state index in [9.17, 15) is 0 Å². The molecule has 1 N–H and O–H groups in total. The maximum atomic E-state index is 5.42. The summed E-state index contributed by atoms with van der Waals surface area (Å²) in [6.45, 7) is 4.58. The van der Waals surface area contributed by atoms with Crippen molar-refractivity contribution in [2.24, 2.45) is 0 Å². The molecule has 6 nitrogen and oxygen atoms in total. The van der Waals surface area contributed by atoms with Gasteiger partial charge in [0.15, 0.2) is 10.4 Å². The number of aromatic nitrogens is 4. The van der Waals surface area contributed by atoms with E-state index >= 15 is 0 Å². The van der Waals surface area contributed by atoms with Crippen LogP contribution in [-0.2, 0) is 11.3 Å². The molecule has 7 heteroatoms. The number of nitrogens with one attached hydrogen (secondary N) is 1. The van der Waals surface area contributed by atoms with Crippen LogP contribution in [0.15, 0.2) is 6.33 Å². The first-order valence-corrected chi connectivity index (χ1v) is 5.92. The fourth-order valence-corrected chi connectivity index (χ4v) is 1.95. The minimum absolute atomic E-state index is 0.328.